The van der Waals surface area contributed by atoms with Crippen LogP contribution in [0.4, 0.5) is 0 Å². The van der Waals surface area contributed by atoms with Crippen molar-refractivity contribution in [1.29, 1.82) is 0 Å². The number of hydrogen-bond donors (Lipinski definition) is 0. The number of rotatable bonds is 8. The standard InChI is InChI=1S/C19H16N2O2.C18H14N2O3.2CH4/c1-3-13-8-16-9-14(4-5-18(16)21-12-13)10-17-11-15(6-7-20-17)19(22)23-2;1-23-18(22)14-4-5-19-16(9-14)8-12-2-3-17-15(6-12)7-13(11-21)10-20-17;;/h3-9,11-12H,1,10H2,2H3;2-7,9-11H,8H2,1H3;2*1H4. The minimum atomic E-state index is -0.382. The molecule has 4 heterocycles. The lowest BCUT2D eigenvalue weighted by Crippen LogP contribution is -2.03. The van der Waals surface area contributed by atoms with E-state index in [1.807, 2.05) is 30.3 Å². The largest absolute Gasteiger partial charge is 0.465 e. The Labute approximate surface area is 280 Å². The van der Waals surface area contributed by atoms with Crippen molar-refractivity contribution in [3.63, 3.8) is 0 Å². The highest BCUT2D eigenvalue weighted by atomic mass is 16.5. The van der Waals surface area contributed by atoms with E-state index in [0.29, 0.717) is 29.5 Å². The predicted molar refractivity (Wildman–Crippen MR) is 189 cm³/mol. The molecule has 0 aliphatic rings. The molecule has 48 heavy (non-hydrogen) atoms. The van der Waals surface area contributed by atoms with Gasteiger partial charge in [-0.3, -0.25) is 24.7 Å². The van der Waals surface area contributed by atoms with Gasteiger partial charge in [-0.1, -0.05) is 39.6 Å². The quantitative estimate of drug-likeness (QED) is 0.121. The number of fused-ring (bicyclic) bond motifs is 2. The number of methoxy groups -OCH3 is 2. The number of nitrogens with zero attached hydrogens (tertiary/aromatic N) is 4. The first kappa shape index (κ1) is 36.4. The molecule has 9 heteroatoms. The van der Waals surface area contributed by atoms with Crippen LogP contribution in [0.2, 0.25) is 0 Å². The summed E-state index contributed by atoms with van der Waals surface area (Å²) in [6, 6.07) is 22.5. The van der Waals surface area contributed by atoms with Crippen LogP contribution >= 0.6 is 0 Å². The predicted octanol–water partition coefficient (Wildman–Crippen LogP) is 7.74. The van der Waals surface area contributed by atoms with Gasteiger partial charge in [0.1, 0.15) is 0 Å². The molecule has 9 nitrogen and oxygen atoms in total. The van der Waals surface area contributed by atoms with E-state index in [1.54, 1.807) is 61.2 Å². The van der Waals surface area contributed by atoms with Gasteiger partial charge in [-0.05, 0) is 77.4 Å². The van der Waals surface area contributed by atoms with Gasteiger partial charge >= 0.3 is 11.9 Å². The maximum atomic E-state index is 11.6. The van der Waals surface area contributed by atoms with E-state index < -0.39 is 0 Å². The second-order valence-corrected chi connectivity index (χ2v) is 10.3. The average Bonchev–Trinajstić information content (AvgIpc) is 3.10. The van der Waals surface area contributed by atoms with Crippen molar-refractivity contribution in [3.8, 4) is 0 Å². The summed E-state index contributed by atoms with van der Waals surface area (Å²) >= 11 is 0. The van der Waals surface area contributed by atoms with Crippen molar-refractivity contribution < 1.29 is 23.9 Å². The fraction of sp³-hybridized carbons (Fsp3) is 0.154. The van der Waals surface area contributed by atoms with Crippen molar-refractivity contribution in [2.24, 2.45) is 0 Å². The molecule has 0 aliphatic carbocycles. The number of ether oxygens (including phenoxy) is 2. The Hall–Kier alpha value is -6.09. The van der Waals surface area contributed by atoms with Crippen LogP contribution in [0.25, 0.3) is 27.9 Å². The minimum Gasteiger partial charge on any atom is -0.465 e. The van der Waals surface area contributed by atoms with Crippen LogP contribution in [0.15, 0.2) is 104 Å². The molecule has 0 saturated heterocycles. The van der Waals surface area contributed by atoms with Crippen LogP contribution in [0, 0.1) is 0 Å². The molecule has 0 fully saturated rings. The van der Waals surface area contributed by atoms with E-state index >= 15 is 0 Å². The lowest BCUT2D eigenvalue weighted by Gasteiger charge is -2.06. The molecule has 6 rings (SSSR count). The fourth-order valence-corrected chi connectivity index (χ4v) is 4.85. The molecule has 244 valence electrons. The number of carbonyl (C=O) groups excluding carboxylic acids is 3. The van der Waals surface area contributed by atoms with Gasteiger partial charge in [-0.25, -0.2) is 9.59 Å². The van der Waals surface area contributed by atoms with Gasteiger partial charge in [0, 0.05) is 65.4 Å². The molecule has 0 spiro atoms. The monoisotopic (exact) mass is 642 g/mol. The zero-order valence-corrected chi connectivity index (χ0v) is 25.3. The molecule has 0 unspecified atom stereocenters. The number of hydrogen-bond acceptors (Lipinski definition) is 9. The number of benzene rings is 2. The Morgan fingerprint density at radius 2 is 1.10 bits per heavy atom. The highest BCUT2D eigenvalue weighted by molar-refractivity contribution is 5.90. The van der Waals surface area contributed by atoms with Crippen molar-refractivity contribution >= 4 is 46.1 Å². The van der Waals surface area contributed by atoms with Crippen LogP contribution in [0.1, 0.15) is 74.0 Å². The van der Waals surface area contributed by atoms with Gasteiger partial charge in [0.25, 0.3) is 0 Å². The number of carbonyl (C=O) groups is 3. The van der Waals surface area contributed by atoms with E-state index in [-0.39, 0.29) is 26.8 Å². The van der Waals surface area contributed by atoms with Crippen LogP contribution < -0.4 is 0 Å². The number of aldehydes is 1. The Morgan fingerprint density at radius 3 is 1.54 bits per heavy atom. The molecule has 0 amide bonds. The molecule has 4 aromatic heterocycles. The summed E-state index contributed by atoms with van der Waals surface area (Å²) in [5.41, 5.74) is 8.00. The molecule has 0 aliphatic heterocycles. The first-order valence-corrected chi connectivity index (χ1v) is 14.3. The summed E-state index contributed by atoms with van der Waals surface area (Å²) in [6.45, 7) is 3.77. The lowest BCUT2D eigenvalue weighted by atomic mass is 10.0. The molecule has 0 saturated carbocycles. The van der Waals surface area contributed by atoms with Gasteiger partial charge in [0.15, 0.2) is 6.29 Å². The summed E-state index contributed by atoms with van der Waals surface area (Å²) in [6.07, 6.45) is 10.3. The van der Waals surface area contributed by atoms with Crippen LogP contribution in [0.5, 0.6) is 0 Å². The Bertz CT molecular complexity index is 1930. The van der Waals surface area contributed by atoms with Gasteiger partial charge in [0.2, 0.25) is 0 Å². The van der Waals surface area contributed by atoms with Crippen LogP contribution in [-0.4, -0.2) is 52.4 Å². The SMILES string of the molecule is C.C.C=Cc1cnc2ccc(Cc3cc(C(=O)OC)ccn3)cc2c1.COC(=O)c1ccnc(Cc2ccc3ncc(C=O)cc3c2)c1. The van der Waals surface area contributed by atoms with E-state index in [4.69, 9.17) is 9.47 Å². The van der Waals surface area contributed by atoms with Gasteiger partial charge in [0.05, 0.1) is 36.4 Å². The maximum absolute atomic E-state index is 11.6. The van der Waals surface area contributed by atoms with Crippen molar-refractivity contribution in [3.05, 3.63) is 149 Å². The van der Waals surface area contributed by atoms with Crippen LogP contribution in [-0.2, 0) is 22.3 Å². The number of esters is 2. The van der Waals surface area contributed by atoms with E-state index in [2.05, 4.69) is 38.6 Å². The van der Waals surface area contributed by atoms with Gasteiger partial charge in [-0.2, -0.15) is 0 Å². The zero-order chi connectivity index (χ0) is 32.5. The van der Waals surface area contributed by atoms with Crippen LogP contribution in [0.3, 0.4) is 0 Å². The minimum absolute atomic E-state index is 0. The normalized spacial score (nSPS) is 10.0. The molecular formula is C39H38N4O5. The van der Waals surface area contributed by atoms with Gasteiger partial charge < -0.3 is 9.47 Å². The highest BCUT2D eigenvalue weighted by Crippen LogP contribution is 2.19. The zero-order valence-electron chi connectivity index (χ0n) is 25.3. The lowest BCUT2D eigenvalue weighted by molar-refractivity contribution is 0.0591. The first-order chi connectivity index (χ1) is 22.4. The van der Waals surface area contributed by atoms with E-state index in [1.165, 1.54) is 14.2 Å². The molecule has 0 radical (unpaired) electrons. The van der Waals surface area contributed by atoms with Gasteiger partial charge in [-0.15, -0.1) is 0 Å². The highest BCUT2D eigenvalue weighted by Gasteiger charge is 2.09. The summed E-state index contributed by atoms with van der Waals surface area (Å²) in [7, 11) is 2.72. The molecular weight excluding hydrogens is 604 g/mol. The maximum Gasteiger partial charge on any atom is 0.337 e. The first-order valence-electron chi connectivity index (χ1n) is 14.3. The Morgan fingerprint density at radius 1 is 0.646 bits per heavy atom. The second kappa shape index (κ2) is 17.0. The van der Waals surface area contributed by atoms with Crippen molar-refractivity contribution in [2.45, 2.75) is 27.7 Å². The third-order valence-corrected chi connectivity index (χ3v) is 7.15. The third-order valence-electron chi connectivity index (χ3n) is 7.15. The second-order valence-electron chi connectivity index (χ2n) is 10.3. The van der Waals surface area contributed by atoms with Crippen molar-refractivity contribution in [2.75, 3.05) is 14.2 Å². The topological polar surface area (TPSA) is 121 Å². The molecule has 0 atom stereocenters. The third kappa shape index (κ3) is 9.01. The molecule has 0 N–H and O–H groups in total. The summed E-state index contributed by atoms with van der Waals surface area (Å²) < 4.78 is 9.46. The summed E-state index contributed by atoms with van der Waals surface area (Å²) in [4.78, 5) is 51.3. The Kier molecular flexibility index (Phi) is 12.9. The molecule has 2 aromatic carbocycles. The Balaban J connectivity index is 0.000000250. The molecule has 6 aromatic rings. The fourth-order valence-electron chi connectivity index (χ4n) is 4.85. The van der Waals surface area contributed by atoms with Crippen molar-refractivity contribution in [1.82, 2.24) is 19.9 Å². The molecule has 0 bridgehead atoms. The average molecular weight is 643 g/mol. The van der Waals surface area contributed by atoms with E-state index in [9.17, 15) is 14.4 Å². The summed E-state index contributed by atoms with van der Waals surface area (Å²) in [5.74, 6) is -0.737. The number of pyridine rings is 4. The number of aromatic nitrogens is 4. The van der Waals surface area contributed by atoms with E-state index in [0.717, 1.165) is 56.2 Å². The smallest absolute Gasteiger partial charge is 0.337 e. The summed E-state index contributed by atoms with van der Waals surface area (Å²) in [5, 5.41) is 1.96.